The Morgan fingerprint density at radius 2 is 2.15 bits per heavy atom. The van der Waals surface area contributed by atoms with Crippen molar-refractivity contribution in [3.05, 3.63) is 0 Å². The molecule has 5 nitrogen and oxygen atoms in total. The van der Waals surface area contributed by atoms with Crippen molar-refractivity contribution in [3.8, 4) is 0 Å². The van der Waals surface area contributed by atoms with Crippen molar-refractivity contribution >= 4 is 5.84 Å². The van der Waals surface area contributed by atoms with E-state index < -0.39 is 0 Å². The summed E-state index contributed by atoms with van der Waals surface area (Å²) in [6, 6.07) is 0.700. The summed E-state index contributed by atoms with van der Waals surface area (Å²) in [6.45, 7) is 7.61. The van der Waals surface area contributed by atoms with Crippen LogP contribution in [0.15, 0.2) is 5.16 Å². The quantitative estimate of drug-likeness (QED) is 0.247. The molecule has 0 aromatic rings. The molecular formula is C15H32N4O. The summed E-state index contributed by atoms with van der Waals surface area (Å²) >= 11 is 0. The molecule has 1 aliphatic heterocycles. The smallest absolute Gasteiger partial charge is 0.144 e. The Balaban J connectivity index is 2.23. The van der Waals surface area contributed by atoms with Gasteiger partial charge in [-0.2, -0.15) is 0 Å². The molecule has 20 heavy (non-hydrogen) atoms. The van der Waals surface area contributed by atoms with Gasteiger partial charge in [-0.1, -0.05) is 25.4 Å². The summed E-state index contributed by atoms with van der Waals surface area (Å²) in [5, 5.41) is 11.9. The molecule has 0 aromatic carbocycles. The van der Waals surface area contributed by atoms with E-state index in [0.717, 1.165) is 19.4 Å². The number of amidine groups is 1. The third-order valence-electron chi connectivity index (χ3n) is 4.59. The van der Waals surface area contributed by atoms with Gasteiger partial charge in [0.05, 0.1) is 0 Å². The Kier molecular flexibility index (Phi) is 6.76. The Bertz CT molecular complexity index is 317. The fourth-order valence-electron chi connectivity index (χ4n) is 2.87. The summed E-state index contributed by atoms with van der Waals surface area (Å²) in [5.74, 6) is 0.333. The predicted octanol–water partition coefficient (Wildman–Crippen LogP) is 1.96. The molecule has 0 amide bonds. The first-order valence-electron chi connectivity index (χ1n) is 7.73. The van der Waals surface area contributed by atoms with Crippen LogP contribution in [-0.2, 0) is 0 Å². The van der Waals surface area contributed by atoms with Gasteiger partial charge in [0, 0.05) is 18.0 Å². The minimum absolute atomic E-state index is 0.210. The number of oxime groups is 1. The molecule has 0 aromatic heterocycles. The summed E-state index contributed by atoms with van der Waals surface area (Å²) in [7, 11) is 4.44. The van der Waals surface area contributed by atoms with Crippen LogP contribution in [0.1, 0.15) is 46.0 Å². The maximum Gasteiger partial charge on any atom is 0.144 e. The zero-order valence-corrected chi connectivity index (χ0v) is 13.6. The SMILES string of the molecule is CN1CCCC(N(C)CCCCC(C)(C)C(N)=NO)C1. The Morgan fingerprint density at radius 3 is 2.75 bits per heavy atom. The first kappa shape index (κ1) is 17.2. The van der Waals surface area contributed by atoms with E-state index >= 15 is 0 Å². The lowest BCUT2D eigenvalue weighted by Gasteiger charge is -2.36. The van der Waals surface area contributed by atoms with E-state index in [9.17, 15) is 0 Å². The largest absolute Gasteiger partial charge is 0.409 e. The molecule has 1 aliphatic rings. The topological polar surface area (TPSA) is 65.1 Å². The van der Waals surface area contributed by atoms with E-state index in [1.165, 1.54) is 32.4 Å². The molecule has 3 N–H and O–H groups in total. The highest BCUT2D eigenvalue weighted by molar-refractivity contribution is 5.85. The molecule has 1 saturated heterocycles. The molecule has 0 saturated carbocycles. The number of nitrogens with two attached hydrogens (primary N) is 1. The lowest BCUT2D eigenvalue weighted by Crippen LogP contribution is -2.45. The van der Waals surface area contributed by atoms with Crippen molar-refractivity contribution in [2.75, 3.05) is 33.7 Å². The van der Waals surface area contributed by atoms with Crippen LogP contribution in [0.3, 0.4) is 0 Å². The van der Waals surface area contributed by atoms with Crippen molar-refractivity contribution in [3.63, 3.8) is 0 Å². The minimum atomic E-state index is -0.210. The van der Waals surface area contributed by atoms with Gasteiger partial charge in [0.1, 0.15) is 5.84 Å². The highest BCUT2D eigenvalue weighted by Gasteiger charge is 2.24. The van der Waals surface area contributed by atoms with Gasteiger partial charge in [-0.3, -0.25) is 0 Å². The summed E-state index contributed by atoms with van der Waals surface area (Å²) in [6.07, 6.45) is 5.86. The van der Waals surface area contributed by atoms with E-state index in [1.807, 2.05) is 13.8 Å². The van der Waals surface area contributed by atoms with E-state index in [-0.39, 0.29) is 5.41 Å². The second-order valence-electron chi connectivity index (χ2n) is 6.87. The molecule has 0 radical (unpaired) electrons. The van der Waals surface area contributed by atoms with Crippen molar-refractivity contribution < 1.29 is 5.21 Å². The van der Waals surface area contributed by atoms with E-state index in [2.05, 4.69) is 29.1 Å². The number of likely N-dealkylation sites (tertiary alicyclic amines) is 1. The van der Waals surface area contributed by atoms with Gasteiger partial charge >= 0.3 is 0 Å². The minimum Gasteiger partial charge on any atom is -0.409 e. The molecule has 1 unspecified atom stereocenters. The average molecular weight is 284 g/mol. The molecule has 1 atom stereocenters. The highest BCUT2D eigenvalue weighted by Crippen LogP contribution is 2.23. The standard InChI is InChI=1S/C15H32N4O/c1-15(2,14(16)17-20)9-5-6-11-19(4)13-8-7-10-18(3)12-13/h13,20H,5-12H2,1-4H3,(H2,16,17). The lowest BCUT2D eigenvalue weighted by atomic mass is 9.86. The fraction of sp³-hybridized carbons (Fsp3) is 0.933. The molecular weight excluding hydrogens is 252 g/mol. The molecule has 0 bridgehead atoms. The monoisotopic (exact) mass is 284 g/mol. The third-order valence-corrected chi connectivity index (χ3v) is 4.59. The zero-order chi connectivity index (χ0) is 15.2. The normalized spacial score (nSPS) is 22.4. The molecule has 1 rings (SSSR count). The maximum atomic E-state index is 8.76. The Morgan fingerprint density at radius 1 is 1.45 bits per heavy atom. The zero-order valence-electron chi connectivity index (χ0n) is 13.6. The summed E-state index contributed by atoms with van der Waals surface area (Å²) < 4.78 is 0. The number of unbranched alkanes of at least 4 members (excludes halogenated alkanes) is 1. The number of piperidine rings is 1. The van der Waals surface area contributed by atoms with Gasteiger partial charge in [-0.05, 0) is 52.9 Å². The molecule has 118 valence electrons. The van der Waals surface area contributed by atoms with Gasteiger partial charge < -0.3 is 20.7 Å². The molecule has 1 heterocycles. The van der Waals surface area contributed by atoms with Crippen molar-refractivity contribution in [1.29, 1.82) is 0 Å². The summed E-state index contributed by atoms with van der Waals surface area (Å²) in [5.41, 5.74) is 5.50. The van der Waals surface area contributed by atoms with Crippen LogP contribution < -0.4 is 5.73 Å². The third kappa shape index (κ3) is 5.29. The van der Waals surface area contributed by atoms with E-state index in [1.54, 1.807) is 0 Å². The van der Waals surface area contributed by atoms with Crippen LogP contribution in [-0.4, -0.2) is 60.6 Å². The highest BCUT2D eigenvalue weighted by atomic mass is 16.4. The lowest BCUT2D eigenvalue weighted by molar-refractivity contribution is 0.132. The Hall–Kier alpha value is -0.810. The first-order valence-corrected chi connectivity index (χ1v) is 7.73. The number of hydrogen-bond acceptors (Lipinski definition) is 4. The van der Waals surface area contributed by atoms with Gasteiger partial charge in [-0.25, -0.2) is 0 Å². The van der Waals surface area contributed by atoms with Crippen molar-refractivity contribution in [2.24, 2.45) is 16.3 Å². The maximum absolute atomic E-state index is 8.76. The molecule has 0 spiro atoms. The number of likely N-dealkylation sites (N-methyl/N-ethyl adjacent to an activating group) is 2. The van der Waals surface area contributed by atoms with Gasteiger partial charge in [0.15, 0.2) is 0 Å². The van der Waals surface area contributed by atoms with Crippen LogP contribution >= 0.6 is 0 Å². The molecule has 0 aliphatic carbocycles. The fourth-order valence-corrected chi connectivity index (χ4v) is 2.87. The van der Waals surface area contributed by atoms with E-state index in [4.69, 9.17) is 10.9 Å². The van der Waals surface area contributed by atoms with Crippen molar-refractivity contribution in [1.82, 2.24) is 9.80 Å². The molecule has 5 heteroatoms. The van der Waals surface area contributed by atoms with Gasteiger partial charge in [0.2, 0.25) is 0 Å². The predicted molar refractivity (Wildman–Crippen MR) is 84.2 cm³/mol. The summed E-state index contributed by atoms with van der Waals surface area (Å²) in [4.78, 5) is 4.92. The van der Waals surface area contributed by atoms with Gasteiger partial charge in [0.25, 0.3) is 0 Å². The van der Waals surface area contributed by atoms with Crippen LogP contribution in [0.25, 0.3) is 0 Å². The molecule has 1 fully saturated rings. The van der Waals surface area contributed by atoms with Gasteiger partial charge in [-0.15, -0.1) is 0 Å². The second-order valence-corrected chi connectivity index (χ2v) is 6.87. The number of rotatable bonds is 7. The van der Waals surface area contributed by atoms with Crippen LogP contribution in [0, 0.1) is 5.41 Å². The first-order chi connectivity index (χ1) is 9.36. The second kappa shape index (κ2) is 7.84. The Labute approximate surface area is 123 Å². The van der Waals surface area contributed by atoms with E-state index in [0.29, 0.717) is 11.9 Å². The van der Waals surface area contributed by atoms with Crippen LogP contribution in [0.2, 0.25) is 0 Å². The number of hydrogen-bond donors (Lipinski definition) is 2. The van der Waals surface area contributed by atoms with Crippen LogP contribution in [0.4, 0.5) is 0 Å². The van der Waals surface area contributed by atoms with Crippen molar-refractivity contribution in [2.45, 2.75) is 52.0 Å². The van der Waals surface area contributed by atoms with Crippen LogP contribution in [0.5, 0.6) is 0 Å². The number of nitrogens with zero attached hydrogens (tertiary/aromatic N) is 3. The average Bonchev–Trinajstić information content (AvgIpc) is 2.42.